The van der Waals surface area contributed by atoms with Gasteiger partial charge in [-0.1, -0.05) is 0 Å². The van der Waals surface area contributed by atoms with E-state index in [0.29, 0.717) is 0 Å². The Morgan fingerprint density at radius 1 is 1.00 bits per heavy atom. The van der Waals surface area contributed by atoms with E-state index in [4.69, 9.17) is 21.7 Å². The van der Waals surface area contributed by atoms with Crippen molar-refractivity contribution in [3.05, 3.63) is 0 Å². The molecule has 4 amide bonds. The first-order valence-electron chi connectivity index (χ1n) is 6.84. The normalized spacial score (nSPS) is 14.0. The molecule has 0 spiro atoms. The van der Waals surface area contributed by atoms with Crippen LogP contribution in [0.4, 0.5) is 0 Å². The third-order valence-electron chi connectivity index (χ3n) is 2.79. The number of aliphatic hydroxyl groups is 1. The van der Waals surface area contributed by atoms with E-state index in [0.717, 1.165) is 0 Å². The molecule has 0 saturated heterocycles. The van der Waals surface area contributed by atoms with Crippen LogP contribution in [0.2, 0.25) is 0 Å². The number of nitrogens with two attached hydrogens (primary N) is 2. The molecule has 0 bridgehead atoms. The molecule has 9 N–H and O–H groups in total. The number of carbonyl (C=O) groups is 5. The average molecular weight is 347 g/mol. The minimum atomic E-state index is -1.60. The standard InChI is InChI=1S/C12H21N5O7/c1-5(15-9(20)3-13)10(21)17-7(4-18)11(22)16-6(12(23)24)2-8(14)19/h5-7,18H,2-4,13H2,1H3,(H2,14,19)(H,15,20)(H,16,22)(H,17,21)(H,23,24). The number of nitrogens with one attached hydrogen (secondary N) is 3. The first-order valence-corrected chi connectivity index (χ1v) is 6.84. The molecule has 24 heavy (non-hydrogen) atoms. The van der Waals surface area contributed by atoms with Crippen LogP contribution in [0.1, 0.15) is 13.3 Å². The molecule has 3 unspecified atom stereocenters. The highest BCUT2D eigenvalue weighted by Crippen LogP contribution is 1.95. The van der Waals surface area contributed by atoms with E-state index in [1.54, 1.807) is 0 Å². The van der Waals surface area contributed by atoms with E-state index in [9.17, 15) is 24.0 Å². The van der Waals surface area contributed by atoms with Gasteiger partial charge in [0.15, 0.2) is 0 Å². The number of aliphatic carboxylic acids is 1. The maximum Gasteiger partial charge on any atom is 0.326 e. The van der Waals surface area contributed by atoms with Crippen molar-refractivity contribution in [2.24, 2.45) is 11.5 Å². The summed E-state index contributed by atoms with van der Waals surface area (Å²) >= 11 is 0. The van der Waals surface area contributed by atoms with Crippen molar-refractivity contribution in [2.75, 3.05) is 13.2 Å². The molecule has 0 radical (unpaired) electrons. The number of carbonyl (C=O) groups excluding carboxylic acids is 4. The molecular formula is C12H21N5O7. The first kappa shape index (κ1) is 21.3. The predicted octanol–water partition coefficient (Wildman–Crippen LogP) is -4.63. The van der Waals surface area contributed by atoms with Crippen molar-refractivity contribution in [1.82, 2.24) is 16.0 Å². The highest BCUT2D eigenvalue weighted by molar-refractivity contribution is 5.94. The summed E-state index contributed by atoms with van der Waals surface area (Å²) < 4.78 is 0. The summed E-state index contributed by atoms with van der Waals surface area (Å²) in [6, 6.07) is -4.12. The Labute approximate surface area is 136 Å². The fourth-order valence-electron chi connectivity index (χ4n) is 1.53. The summed E-state index contributed by atoms with van der Waals surface area (Å²) in [6.45, 7) is 0.148. The van der Waals surface area contributed by atoms with Crippen LogP contribution in [-0.2, 0) is 24.0 Å². The molecule has 0 aromatic heterocycles. The SMILES string of the molecule is CC(NC(=O)CN)C(=O)NC(CO)C(=O)NC(CC(N)=O)C(=O)O. The van der Waals surface area contributed by atoms with Crippen molar-refractivity contribution < 1.29 is 34.2 Å². The second kappa shape index (κ2) is 10.1. The Bertz CT molecular complexity index is 510. The van der Waals surface area contributed by atoms with Crippen molar-refractivity contribution in [3.8, 4) is 0 Å². The van der Waals surface area contributed by atoms with E-state index in [2.05, 4.69) is 10.6 Å². The monoisotopic (exact) mass is 347 g/mol. The maximum absolute atomic E-state index is 11.9. The van der Waals surface area contributed by atoms with E-state index in [-0.39, 0.29) is 6.54 Å². The first-order chi connectivity index (χ1) is 11.1. The molecule has 0 aliphatic carbocycles. The van der Waals surface area contributed by atoms with E-state index < -0.39 is 60.8 Å². The lowest BCUT2D eigenvalue weighted by Gasteiger charge is -2.21. The third kappa shape index (κ3) is 7.51. The zero-order valence-corrected chi connectivity index (χ0v) is 12.9. The maximum atomic E-state index is 11.9. The average Bonchev–Trinajstić information content (AvgIpc) is 2.50. The van der Waals surface area contributed by atoms with Gasteiger partial charge in [-0.05, 0) is 6.92 Å². The molecule has 12 heteroatoms. The van der Waals surface area contributed by atoms with Crippen molar-refractivity contribution in [1.29, 1.82) is 0 Å². The van der Waals surface area contributed by atoms with Crippen LogP contribution in [0.25, 0.3) is 0 Å². The molecule has 0 rings (SSSR count). The number of amides is 4. The summed E-state index contributed by atoms with van der Waals surface area (Å²) in [4.78, 5) is 56.5. The second-order valence-electron chi connectivity index (χ2n) is 4.81. The zero-order chi connectivity index (χ0) is 18.9. The van der Waals surface area contributed by atoms with Gasteiger partial charge in [-0.3, -0.25) is 19.2 Å². The molecule has 136 valence electrons. The van der Waals surface area contributed by atoms with Gasteiger partial charge in [0.2, 0.25) is 23.6 Å². The lowest BCUT2D eigenvalue weighted by Crippen LogP contribution is -2.57. The highest BCUT2D eigenvalue weighted by Gasteiger charge is 2.28. The van der Waals surface area contributed by atoms with E-state index in [1.165, 1.54) is 6.92 Å². The molecule has 0 aromatic rings. The summed E-state index contributed by atoms with van der Waals surface area (Å²) in [5.74, 6) is -4.89. The summed E-state index contributed by atoms with van der Waals surface area (Å²) in [6.07, 6.45) is -0.657. The molecule has 0 saturated carbocycles. The molecular weight excluding hydrogens is 326 g/mol. The van der Waals surface area contributed by atoms with Crippen molar-refractivity contribution >= 4 is 29.6 Å². The number of carboxylic acid groups (broad SMARTS) is 1. The molecule has 0 fully saturated rings. The Balaban J connectivity index is 4.79. The van der Waals surface area contributed by atoms with Gasteiger partial charge in [-0.2, -0.15) is 0 Å². The van der Waals surface area contributed by atoms with Crippen LogP contribution in [0, 0.1) is 0 Å². The van der Waals surface area contributed by atoms with Gasteiger partial charge < -0.3 is 37.6 Å². The highest BCUT2D eigenvalue weighted by atomic mass is 16.4. The van der Waals surface area contributed by atoms with E-state index >= 15 is 0 Å². The quantitative estimate of drug-likeness (QED) is 0.203. The molecule has 0 aliphatic rings. The number of hydrogen-bond acceptors (Lipinski definition) is 7. The van der Waals surface area contributed by atoms with Gasteiger partial charge >= 0.3 is 5.97 Å². The Morgan fingerprint density at radius 2 is 1.54 bits per heavy atom. The number of rotatable bonds is 10. The molecule has 3 atom stereocenters. The van der Waals surface area contributed by atoms with Gasteiger partial charge in [-0.25, -0.2) is 4.79 Å². The van der Waals surface area contributed by atoms with Gasteiger partial charge in [-0.15, -0.1) is 0 Å². The summed E-state index contributed by atoms with van der Waals surface area (Å²) in [5, 5.41) is 24.4. The summed E-state index contributed by atoms with van der Waals surface area (Å²) in [5.41, 5.74) is 9.95. The van der Waals surface area contributed by atoms with Crippen LogP contribution < -0.4 is 27.4 Å². The molecule has 12 nitrogen and oxygen atoms in total. The topological polar surface area (TPSA) is 214 Å². The van der Waals surface area contributed by atoms with Gasteiger partial charge in [0.1, 0.15) is 18.1 Å². The lowest BCUT2D eigenvalue weighted by atomic mass is 10.1. The Kier molecular flexibility index (Phi) is 8.97. The zero-order valence-electron chi connectivity index (χ0n) is 12.9. The fraction of sp³-hybridized carbons (Fsp3) is 0.583. The number of carboxylic acids is 1. The van der Waals surface area contributed by atoms with Crippen LogP contribution in [0.15, 0.2) is 0 Å². The minimum absolute atomic E-state index is 0.338. The molecule has 0 heterocycles. The van der Waals surface area contributed by atoms with Crippen LogP contribution in [0.5, 0.6) is 0 Å². The lowest BCUT2D eigenvalue weighted by molar-refractivity contribution is -0.144. The number of aliphatic hydroxyl groups excluding tert-OH is 1. The van der Waals surface area contributed by atoms with Crippen molar-refractivity contribution in [2.45, 2.75) is 31.5 Å². The van der Waals surface area contributed by atoms with Gasteiger partial charge in [0, 0.05) is 0 Å². The van der Waals surface area contributed by atoms with Gasteiger partial charge in [0.25, 0.3) is 0 Å². The van der Waals surface area contributed by atoms with Gasteiger partial charge in [0.05, 0.1) is 19.6 Å². The second-order valence-corrected chi connectivity index (χ2v) is 4.81. The summed E-state index contributed by atoms with van der Waals surface area (Å²) in [7, 11) is 0. The predicted molar refractivity (Wildman–Crippen MR) is 79.1 cm³/mol. The molecule has 0 aliphatic heterocycles. The smallest absolute Gasteiger partial charge is 0.326 e. The van der Waals surface area contributed by atoms with Crippen LogP contribution in [-0.4, -0.2) is 71.1 Å². The van der Waals surface area contributed by atoms with Crippen LogP contribution in [0.3, 0.4) is 0 Å². The van der Waals surface area contributed by atoms with Crippen molar-refractivity contribution in [3.63, 3.8) is 0 Å². The number of primary amides is 1. The van der Waals surface area contributed by atoms with E-state index in [1.807, 2.05) is 5.32 Å². The largest absolute Gasteiger partial charge is 0.480 e. The molecule has 0 aromatic carbocycles. The fourth-order valence-corrected chi connectivity index (χ4v) is 1.53. The van der Waals surface area contributed by atoms with Crippen LogP contribution >= 0.6 is 0 Å². The number of hydrogen-bond donors (Lipinski definition) is 7. The minimum Gasteiger partial charge on any atom is -0.480 e. The Morgan fingerprint density at radius 3 is 1.96 bits per heavy atom. The Hall–Kier alpha value is -2.73. The third-order valence-corrected chi connectivity index (χ3v) is 2.79.